The minimum atomic E-state index is 0.147. The Hall–Kier alpha value is -1.15. The van der Waals surface area contributed by atoms with Gasteiger partial charge in [0.2, 0.25) is 0 Å². The first-order valence-electron chi connectivity index (χ1n) is 5.44. The second kappa shape index (κ2) is 5.66. The van der Waals surface area contributed by atoms with Crippen molar-refractivity contribution in [3.8, 4) is 0 Å². The lowest BCUT2D eigenvalue weighted by molar-refractivity contribution is -0.121. The van der Waals surface area contributed by atoms with Gasteiger partial charge in [-0.3, -0.25) is 4.79 Å². The average molecular weight is 205 g/mol. The van der Waals surface area contributed by atoms with Crippen LogP contribution in [0, 0.1) is 5.92 Å². The number of carbonyl (C=O) groups is 1. The highest BCUT2D eigenvalue weighted by molar-refractivity contribution is 5.80. The maximum absolute atomic E-state index is 11.4. The van der Waals surface area contributed by atoms with Crippen LogP contribution in [0.1, 0.15) is 31.4 Å². The van der Waals surface area contributed by atoms with E-state index < -0.39 is 0 Å². The van der Waals surface area contributed by atoms with Crippen molar-refractivity contribution in [2.75, 3.05) is 0 Å². The van der Waals surface area contributed by atoms with E-state index >= 15 is 0 Å². The molecular formula is C13H19NO. The first-order valence-corrected chi connectivity index (χ1v) is 5.44. The molecule has 1 rings (SSSR count). The van der Waals surface area contributed by atoms with Gasteiger partial charge < -0.3 is 5.73 Å². The smallest absolute Gasteiger partial charge is 0.135 e. The fraction of sp³-hybridized carbons (Fsp3) is 0.462. The first-order chi connectivity index (χ1) is 7.13. The van der Waals surface area contributed by atoms with Crippen molar-refractivity contribution in [3.63, 3.8) is 0 Å². The second-order valence-corrected chi connectivity index (χ2v) is 4.14. The topological polar surface area (TPSA) is 43.1 Å². The van der Waals surface area contributed by atoms with E-state index in [0.717, 1.165) is 12.0 Å². The predicted octanol–water partition coefficient (Wildman–Crippen LogP) is 2.30. The molecule has 0 aliphatic rings. The zero-order chi connectivity index (χ0) is 11.3. The Morgan fingerprint density at radius 1 is 1.20 bits per heavy atom. The van der Waals surface area contributed by atoms with Crippen LogP contribution in [-0.4, -0.2) is 5.78 Å². The third-order valence-corrected chi connectivity index (χ3v) is 2.56. The molecular weight excluding hydrogens is 186 g/mol. The summed E-state index contributed by atoms with van der Waals surface area (Å²) in [5.74, 6) is 0.478. The Morgan fingerprint density at radius 3 is 2.20 bits per heavy atom. The van der Waals surface area contributed by atoms with E-state index in [1.165, 1.54) is 5.56 Å². The molecule has 0 radical (unpaired) electrons. The average Bonchev–Trinajstić information content (AvgIpc) is 2.26. The summed E-state index contributed by atoms with van der Waals surface area (Å²) >= 11 is 0. The Kier molecular flexibility index (Phi) is 4.50. The molecule has 0 aliphatic heterocycles. The molecule has 0 saturated heterocycles. The van der Waals surface area contributed by atoms with E-state index in [1.807, 2.05) is 26.0 Å². The molecule has 0 spiro atoms. The zero-order valence-electron chi connectivity index (χ0n) is 9.49. The highest BCUT2D eigenvalue weighted by Crippen LogP contribution is 2.08. The van der Waals surface area contributed by atoms with E-state index in [0.29, 0.717) is 18.7 Å². The fourth-order valence-corrected chi connectivity index (χ4v) is 1.40. The highest BCUT2D eigenvalue weighted by Gasteiger charge is 2.06. The van der Waals surface area contributed by atoms with Crippen molar-refractivity contribution in [1.82, 2.24) is 0 Å². The summed E-state index contributed by atoms with van der Waals surface area (Å²) in [4.78, 5) is 11.4. The molecule has 82 valence electrons. The number of nitrogens with two attached hydrogens (primary N) is 1. The minimum absolute atomic E-state index is 0.147. The van der Waals surface area contributed by atoms with Gasteiger partial charge in [-0.2, -0.15) is 0 Å². The van der Waals surface area contributed by atoms with Gasteiger partial charge in [0, 0.05) is 18.9 Å². The summed E-state index contributed by atoms with van der Waals surface area (Å²) in [5, 5.41) is 0. The number of carbonyl (C=O) groups excluding carboxylic acids is 1. The third kappa shape index (κ3) is 3.84. The van der Waals surface area contributed by atoms with Crippen LogP contribution in [0.25, 0.3) is 0 Å². The van der Waals surface area contributed by atoms with Crippen LogP contribution in [0.3, 0.4) is 0 Å². The van der Waals surface area contributed by atoms with Crippen molar-refractivity contribution in [2.24, 2.45) is 11.7 Å². The van der Waals surface area contributed by atoms with Gasteiger partial charge >= 0.3 is 0 Å². The Balaban J connectivity index is 2.47. The molecule has 15 heavy (non-hydrogen) atoms. The molecule has 0 aliphatic carbocycles. The SMILES string of the molecule is CC(C)C(=O)CCc1ccc(CN)cc1. The summed E-state index contributed by atoms with van der Waals surface area (Å²) in [7, 11) is 0. The lowest BCUT2D eigenvalue weighted by Gasteiger charge is -2.04. The lowest BCUT2D eigenvalue weighted by atomic mass is 10.0. The van der Waals surface area contributed by atoms with Crippen LogP contribution in [0.2, 0.25) is 0 Å². The molecule has 0 fully saturated rings. The number of benzene rings is 1. The summed E-state index contributed by atoms with van der Waals surface area (Å²) in [5.41, 5.74) is 7.85. The van der Waals surface area contributed by atoms with Crippen molar-refractivity contribution >= 4 is 5.78 Å². The number of Topliss-reactive ketones (excluding diaryl/α,β-unsaturated/α-hetero) is 1. The third-order valence-electron chi connectivity index (χ3n) is 2.56. The molecule has 0 bridgehead atoms. The molecule has 2 N–H and O–H groups in total. The molecule has 2 nitrogen and oxygen atoms in total. The van der Waals surface area contributed by atoms with Crippen LogP contribution in [0.15, 0.2) is 24.3 Å². The quantitative estimate of drug-likeness (QED) is 0.801. The van der Waals surface area contributed by atoms with Crippen molar-refractivity contribution in [3.05, 3.63) is 35.4 Å². The highest BCUT2D eigenvalue weighted by atomic mass is 16.1. The summed E-state index contributed by atoms with van der Waals surface area (Å²) in [6.07, 6.45) is 1.47. The fourth-order valence-electron chi connectivity index (χ4n) is 1.40. The van der Waals surface area contributed by atoms with Crippen molar-refractivity contribution in [2.45, 2.75) is 33.2 Å². The largest absolute Gasteiger partial charge is 0.326 e. The van der Waals surface area contributed by atoms with Gasteiger partial charge in [-0.05, 0) is 17.5 Å². The molecule has 1 aromatic rings. The van der Waals surface area contributed by atoms with Crippen molar-refractivity contribution < 1.29 is 4.79 Å². The molecule has 0 heterocycles. The summed E-state index contributed by atoms with van der Waals surface area (Å²) in [6.45, 7) is 4.46. The molecule has 0 atom stereocenters. The number of ketones is 1. The maximum atomic E-state index is 11.4. The molecule has 0 unspecified atom stereocenters. The van der Waals surface area contributed by atoms with Gasteiger partial charge in [-0.25, -0.2) is 0 Å². The van der Waals surface area contributed by atoms with Crippen LogP contribution in [-0.2, 0) is 17.8 Å². The van der Waals surface area contributed by atoms with Gasteiger partial charge in [0.1, 0.15) is 5.78 Å². The molecule has 0 saturated carbocycles. The monoisotopic (exact) mass is 205 g/mol. The number of hydrogen-bond donors (Lipinski definition) is 1. The van der Waals surface area contributed by atoms with Gasteiger partial charge in [0.05, 0.1) is 0 Å². The van der Waals surface area contributed by atoms with E-state index in [1.54, 1.807) is 0 Å². The standard InChI is InChI=1S/C13H19NO/c1-10(2)13(15)8-7-11-3-5-12(9-14)6-4-11/h3-6,10H,7-9,14H2,1-2H3. The van der Waals surface area contributed by atoms with E-state index in [4.69, 9.17) is 5.73 Å². The van der Waals surface area contributed by atoms with E-state index in [-0.39, 0.29) is 5.92 Å². The molecule has 1 aromatic carbocycles. The normalized spacial score (nSPS) is 10.7. The first kappa shape index (κ1) is 11.9. The van der Waals surface area contributed by atoms with Crippen LogP contribution in [0.4, 0.5) is 0 Å². The lowest BCUT2D eigenvalue weighted by Crippen LogP contribution is -2.07. The summed E-state index contributed by atoms with van der Waals surface area (Å²) in [6, 6.07) is 8.15. The van der Waals surface area contributed by atoms with Crippen LogP contribution < -0.4 is 5.73 Å². The molecule has 0 aromatic heterocycles. The zero-order valence-corrected chi connectivity index (χ0v) is 9.49. The van der Waals surface area contributed by atoms with Crippen LogP contribution >= 0.6 is 0 Å². The molecule has 0 amide bonds. The predicted molar refractivity (Wildman–Crippen MR) is 62.5 cm³/mol. The summed E-state index contributed by atoms with van der Waals surface area (Å²) < 4.78 is 0. The van der Waals surface area contributed by atoms with Gasteiger partial charge in [-0.15, -0.1) is 0 Å². The van der Waals surface area contributed by atoms with Gasteiger partial charge in [-0.1, -0.05) is 38.1 Å². The van der Waals surface area contributed by atoms with Crippen LogP contribution in [0.5, 0.6) is 0 Å². The Bertz CT molecular complexity index is 314. The van der Waals surface area contributed by atoms with Gasteiger partial charge in [0.25, 0.3) is 0 Å². The second-order valence-electron chi connectivity index (χ2n) is 4.14. The van der Waals surface area contributed by atoms with E-state index in [9.17, 15) is 4.79 Å². The maximum Gasteiger partial charge on any atom is 0.135 e. The number of hydrogen-bond acceptors (Lipinski definition) is 2. The number of aryl methyl sites for hydroxylation is 1. The van der Waals surface area contributed by atoms with Crippen molar-refractivity contribution in [1.29, 1.82) is 0 Å². The Labute approximate surface area is 91.5 Å². The molecule has 2 heteroatoms. The number of rotatable bonds is 5. The van der Waals surface area contributed by atoms with Gasteiger partial charge in [0.15, 0.2) is 0 Å². The Morgan fingerprint density at radius 2 is 1.73 bits per heavy atom. The van der Waals surface area contributed by atoms with E-state index in [2.05, 4.69) is 12.1 Å². The minimum Gasteiger partial charge on any atom is -0.326 e.